The highest BCUT2D eigenvalue weighted by Gasteiger charge is 2.19. The zero-order valence-corrected chi connectivity index (χ0v) is 14.7. The fourth-order valence-corrected chi connectivity index (χ4v) is 2.95. The topological polar surface area (TPSA) is 109 Å². The summed E-state index contributed by atoms with van der Waals surface area (Å²) in [7, 11) is 0. The van der Waals surface area contributed by atoms with Crippen molar-refractivity contribution in [3.05, 3.63) is 76.4 Å². The predicted molar refractivity (Wildman–Crippen MR) is 98.8 cm³/mol. The summed E-state index contributed by atoms with van der Waals surface area (Å²) >= 11 is 0. The quantitative estimate of drug-likeness (QED) is 0.520. The van der Waals surface area contributed by atoms with E-state index in [2.05, 4.69) is 10.3 Å². The van der Waals surface area contributed by atoms with Gasteiger partial charge in [-0.15, -0.1) is 0 Å². The second-order valence-electron chi connectivity index (χ2n) is 6.12. The molecule has 0 fully saturated rings. The molecule has 28 heavy (non-hydrogen) atoms. The Morgan fingerprint density at radius 3 is 2.86 bits per heavy atom. The lowest BCUT2D eigenvalue weighted by Gasteiger charge is -2.08. The Kier molecular flexibility index (Phi) is 4.63. The van der Waals surface area contributed by atoms with Crippen molar-refractivity contribution in [2.24, 2.45) is 0 Å². The van der Waals surface area contributed by atoms with E-state index in [1.54, 1.807) is 12.3 Å². The van der Waals surface area contributed by atoms with Crippen LogP contribution in [-0.2, 0) is 6.42 Å². The van der Waals surface area contributed by atoms with Gasteiger partial charge >= 0.3 is 0 Å². The van der Waals surface area contributed by atoms with Crippen LogP contribution in [0.5, 0.6) is 11.5 Å². The summed E-state index contributed by atoms with van der Waals surface area (Å²) in [6.45, 7) is 0.596. The minimum atomic E-state index is -0.515. The van der Waals surface area contributed by atoms with Crippen LogP contribution in [-0.4, -0.2) is 33.7 Å². The summed E-state index contributed by atoms with van der Waals surface area (Å²) in [5, 5.41) is 14.2. The van der Waals surface area contributed by atoms with E-state index >= 15 is 0 Å². The first-order chi connectivity index (χ1) is 13.6. The number of amides is 1. The summed E-state index contributed by atoms with van der Waals surface area (Å²) in [5.74, 6) is 1.02. The molecule has 1 aliphatic heterocycles. The Hall–Kier alpha value is -3.88. The SMILES string of the molecule is O=C(NCCc1ccc2c(c1)OCO2)c1ccc(-n2ccnc2)c([N+](=O)[O-])c1. The predicted octanol–water partition coefficient (Wildman–Crippen LogP) is 2.48. The summed E-state index contributed by atoms with van der Waals surface area (Å²) in [4.78, 5) is 27.2. The van der Waals surface area contributed by atoms with E-state index in [1.165, 1.54) is 29.2 Å². The number of nitro groups is 1. The second kappa shape index (κ2) is 7.39. The Balaban J connectivity index is 1.43. The normalized spacial score (nSPS) is 12.0. The number of hydrogen-bond acceptors (Lipinski definition) is 6. The van der Waals surface area contributed by atoms with Crippen molar-refractivity contribution in [2.45, 2.75) is 6.42 Å². The highest BCUT2D eigenvalue weighted by Crippen LogP contribution is 2.32. The van der Waals surface area contributed by atoms with Crippen molar-refractivity contribution < 1.29 is 19.2 Å². The van der Waals surface area contributed by atoms with E-state index in [-0.39, 0.29) is 24.0 Å². The van der Waals surface area contributed by atoms with Crippen LogP contribution < -0.4 is 14.8 Å². The van der Waals surface area contributed by atoms with Gasteiger partial charge in [0.1, 0.15) is 5.69 Å². The van der Waals surface area contributed by atoms with E-state index in [4.69, 9.17) is 9.47 Å². The lowest BCUT2D eigenvalue weighted by molar-refractivity contribution is -0.384. The maximum Gasteiger partial charge on any atom is 0.294 e. The molecular formula is C19H16N4O5. The molecule has 0 bridgehead atoms. The maximum atomic E-state index is 12.4. The molecule has 1 N–H and O–H groups in total. The van der Waals surface area contributed by atoms with E-state index in [0.717, 1.165) is 5.56 Å². The molecule has 4 rings (SSSR count). The Labute approximate surface area is 159 Å². The number of benzene rings is 2. The molecule has 2 heterocycles. The maximum absolute atomic E-state index is 12.4. The fraction of sp³-hybridized carbons (Fsp3) is 0.158. The van der Waals surface area contributed by atoms with Crippen molar-refractivity contribution in [1.82, 2.24) is 14.9 Å². The monoisotopic (exact) mass is 380 g/mol. The van der Waals surface area contributed by atoms with Gasteiger partial charge in [-0.05, 0) is 36.2 Å². The van der Waals surface area contributed by atoms with Gasteiger partial charge in [0.2, 0.25) is 6.79 Å². The van der Waals surface area contributed by atoms with Crippen molar-refractivity contribution in [3.8, 4) is 17.2 Å². The molecule has 0 saturated carbocycles. The zero-order valence-electron chi connectivity index (χ0n) is 14.7. The number of nitro benzene ring substituents is 1. The van der Waals surface area contributed by atoms with Crippen LogP contribution in [0.2, 0.25) is 0 Å². The highest BCUT2D eigenvalue weighted by atomic mass is 16.7. The molecule has 1 amide bonds. The van der Waals surface area contributed by atoms with Crippen molar-refractivity contribution in [2.75, 3.05) is 13.3 Å². The number of ether oxygens (including phenoxy) is 2. The number of fused-ring (bicyclic) bond motifs is 1. The summed E-state index contributed by atoms with van der Waals surface area (Å²) in [6.07, 6.45) is 5.19. The van der Waals surface area contributed by atoms with E-state index in [1.807, 2.05) is 18.2 Å². The molecule has 0 spiro atoms. The van der Waals surface area contributed by atoms with Crippen molar-refractivity contribution in [1.29, 1.82) is 0 Å². The molecule has 0 atom stereocenters. The minimum absolute atomic E-state index is 0.165. The van der Waals surface area contributed by atoms with Gasteiger partial charge in [0, 0.05) is 30.6 Å². The van der Waals surface area contributed by atoms with Gasteiger partial charge in [-0.3, -0.25) is 14.9 Å². The van der Waals surface area contributed by atoms with Crippen LogP contribution in [0.4, 0.5) is 5.69 Å². The Morgan fingerprint density at radius 2 is 2.07 bits per heavy atom. The molecule has 1 aliphatic rings. The number of nitrogens with one attached hydrogen (secondary N) is 1. The number of rotatable bonds is 6. The van der Waals surface area contributed by atoms with E-state index in [0.29, 0.717) is 30.2 Å². The van der Waals surface area contributed by atoms with Gasteiger partial charge < -0.3 is 19.4 Å². The number of carbonyl (C=O) groups is 1. The van der Waals surface area contributed by atoms with Gasteiger partial charge in [-0.2, -0.15) is 0 Å². The minimum Gasteiger partial charge on any atom is -0.454 e. The standard InChI is InChI=1S/C19H16N4O5/c24-19(21-6-5-13-1-4-17-18(9-13)28-12-27-17)14-2-3-15(16(10-14)23(25)26)22-8-7-20-11-22/h1-4,7-11H,5-6,12H2,(H,21,24). The first kappa shape index (κ1) is 17.5. The van der Waals surface area contributed by atoms with Crippen LogP contribution in [0.25, 0.3) is 5.69 Å². The van der Waals surface area contributed by atoms with Gasteiger partial charge in [0.15, 0.2) is 11.5 Å². The smallest absolute Gasteiger partial charge is 0.294 e. The van der Waals surface area contributed by atoms with E-state index < -0.39 is 4.92 Å². The van der Waals surface area contributed by atoms with Gasteiger partial charge in [0.05, 0.1) is 11.3 Å². The van der Waals surface area contributed by atoms with Gasteiger partial charge in [0.25, 0.3) is 11.6 Å². The largest absolute Gasteiger partial charge is 0.454 e. The fourth-order valence-electron chi connectivity index (χ4n) is 2.95. The molecule has 0 unspecified atom stereocenters. The average Bonchev–Trinajstić information content (AvgIpc) is 3.39. The first-order valence-electron chi connectivity index (χ1n) is 8.55. The van der Waals surface area contributed by atoms with Crippen LogP contribution >= 0.6 is 0 Å². The third-order valence-electron chi connectivity index (χ3n) is 4.35. The van der Waals surface area contributed by atoms with Crippen LogP contribution in [0, 0.1) is 10.1 Å². The lowest BCUT2D eigenvalue weighted by atomic mass is 10.1. The molecule has 3 aromatic rings. The molecule has 0 radical (unpaired) electrons. The summed E-state index contributed by atoms with van der Waals surface area (Å²) in [6, 6.07) is 9.97. The molecule has 0 saturated heterocycles. The molecule has 0 aliphatic carbocycles. The van der Waals surface area contributed by atoms with Gasteiger partial charge in [-0.1, -0.05) is 6.07 Å². The van der Waals surface area contributed by atoms with Crippen LogP contribution in [0.15, 0.2) is 55.1 Å². The van der Waals surface area contributed by atoms with Crippen molar-refractivity contribution >= 4 is 11.6 Å². The number of nitrogens with zero attached hydrogens (tertiary/aromatic N) is 3. The lowest BCUT2D eigenvalue weighted by Crippen LogP contribution is -2.25. The molecule has 1 aromatic heterocycles. The Morgan fingerprint density at radius 1 is 1.21 bits per heavy atom. The highest BCUT2D eigenvalue weighted by molar-refractivity contribution is 5.95. The molecule has 9 heteroatoms. The number of carbonyl (C=O) groups excluding carboxylic acids is 1. The number of imidazole rings is 1. The van der Waals surface area contributed by atoms with Crippen LogP contribution in [0.1, 0.15) is 15.9 Å². The third kappa shape index (κ3) is 3.50. The molecule has 2 aromatic carbocycles. The van der Waals surface area contributed by atoms with E-state index in [9.17, 15) is 14.9 Å². The van der Waals surface area contributed by atoms with Crippen molar-refractivity contribution in [3.63, 3.8) is 0 Å². The average molecular weight is 380 g/mol. The molecular weight excluding hydrogens is 364 g/mol. The number of aromatic nitrogens is 2. The number of hydrogen-bond donors (Lipinski definition) is 1. The molecule has 9 nitrogen and oxygen atoms in total. The first-order valence-corrected chi connectivity index (χ1v) is 8.55. The third-order valence-corrected chi connectivity index (χ3v) is 4.35. The summed E-state index contributed by atoms with van der Waals surface area (Å²) in [5.41, 5.74) is 1.40. The second-order valence-corrected chi connectivity index (χ2v) is 6.12. The summed E-state index contributed by atoms with van der Waals surface area (Å²) < 4.78 is 12.1. The van der Waals surface area contributed by atoms with Crippen LogP contribution in [0.3, 0.4) is 0 Å². The van der Waals surface area contributed by atoms with Gasteiger partial charge in [-0.25, -0.2) is 4.98 Å². The zero-order chi connectivity index (χ0) is 19.5. The molecule has 142 valence electrons. The Bertz CT molecular complexity index is 1030.